The van der Waals surface area contributed by atoms with E-state index in [1.165, 1.54) is 5.56 Å². The average molecular weight is 364 g/mol. The van der Waals surface area contributed by atoms with Gasteiger partial charge in [0, 0.05) is 25.2 Å². The highest BCUT2D eigenvalue weighted by atomic mass is 16.2. The standard InChI is InChI=1S/C23H28N2O2/c1-17-10-12-20(13-11-17)23(27)25-14-6-9-21(16-25)22(26)24-15-18(2)19-7-4-3-5-8-19/h3-5,7-8,10-13,18,21H,6,9,14-16H2,1-2H3,(H,24,26). The Hall–Kier alpha value is -2.62. The molecule has 2 unspecified atom stereocenters. The van der Waals surface area contributed by atoms with Gasteiger partial charge in [0.05, 0.1) is 5.92 Å². The third-order valence-corrected chi connectivity index (χ3v) is 5.33. The summed E-state index contributed by atoms with van der Waals surface area (Å²) in [4.78, 5) is 27.2. The van der Waals surface area contributed by atoms with Crippen LogP contribution in [-0.4, -0.2) is 36.3 Å². The van der Waals surface area contributed by atoms with Gasteiger partial charge in [-0.15, -0.1) is 0 Å². The van der Waals surface area contributed by atoms with Gasteiger partial charge in [0.25, 0.3) is 5.91 Å². The van der Waals surface area contributed by atoms with Gasteiger partial charge in [-0.1, -0.05) is 55.0 Å². The zero-order valence-corrected chi connectivity index (χ0v) is 16.2. The molecule has 1 aliphatic rings. The number of benzene rings is 2. The van der Waals surface area contributed by atoms with E-state index < -0.39 is 0 Å². The maximum atomic E-state index is 12.7. The number of hydrogen-bond donors (Lipinski definition) is 1. The molecule has 2 aromatic carbocycles. The van der Waals surface area contributed by atoms with Gasteiger partial charge in [0.15, 0.2) is 0 Å². The first-order chi connectivity index (χ1) is 13.0. The lowest BCUT2D eigenvalue weighted by Gasteiger charge is -2.32. The predicted molar refractivity (Wildman–Crippen MR) is 108 cm³/mol. The van der Waals surface area contributed by atoms with Crippen LogP contribution in [-0.2, 0) is 4.79 Å². The Bertz CT molecular complexity index is 771. The number of nitrogens with zero attached hydrogens (tertiary/aromatic N) is 1. The lowest BCUT2D eigenvalue weighted by Crippen LogP contribution is -2.46. The van der Waals surface area contributed by atoms with Crippen molar-refractivity contribution >= 4 is 11.8 Å². The fourth-order valence-electron chi connectivity index (χ4n) is 3.55. The second-order valence-electron chi connectivity index (χ2n) is 7.51. The van der Waals surface area contributed by atoms with E-state index in [0.717, 1.165) is 24.9 Å². The van der Waals surface area contributed by atoms with Crippen molar-refractivity contribution < 1.29 is 9.59 Å². The largest absolute Gasteiger partial charge is 0.355 e. The molecule has 0 aromatic heterocycles. The zero-order valence-electron chi connectivity index (χ0n) is 16.2. The molecule has 142 valence electrons. The molecular weight excluding hydrogens is 336 g/mol. The van der Waals surface area contributed by atoms with Crippen molar-refractivity contribution in [1.82, 2.24) is 10.2 Å². The van der Waals surface area contributed by atoms with Crippen molar-refractivity contribution in [1.29, 1.82) is 0 Å². The molecule has 1 aliphatic heterocycles. The molecule has 1 N–H and O–H groups in total. The molecule has 2 atom stereocenters. The van der Waals surface area contributed by atoms with E-state index in [1.54, 1.807) is 0 Å². The summed E-state index contributed by atoms with van der Waals surface area (Å²) in [5, 5.41) is 3.08. The summed E-state index contributed by atoms with van der Waals surface area (Å²) in [6, 6.07) is 17.8. The van der Waals surface area contributed by atoms with Gasteiger partial charge in [0.1, 0.15) is 0 Å². The molecule has 4 heteroatoms. The van der Waals surface area contributed by atoms with E-state index in [9.17, 15) is 9.59 Å². The van der Waals surface area contributed by atoms with Crippen LogP contribution in [0.4, 0.5) is 0 Å². The highest BCUT2D eigenvalue weighted by molar-refractivity contribution is 5.94. The molecule has 1 heterocycles. The van der Waals surface area contributed by atoms with Crippen LogP contribution < -0.4 is 5.32 Å². The molecular formula is C23H28N2O2. The quantitative estimate of drug-likeness (QED) is 0.878. The minimum Gasteiger partial charge on any atom is -0.355 e. The number of aryl methyl sites for hydroxylation is 1. The Labute approximate surface area is 161 Å². The first-order valence-corrected chi connectivity index (χ1v) is 9.73. The molecule has 1 fully saturated rings. The summed E-state index contributed by atoms with van der Waals surface area (Å²) in [6.45, 7) is 5.95. The summed E-state index contributed by atoms with van der Waals surface area (Å²) in [6.07, 6.45) is 1.70. The van der Waals surface area contributed by atoms with E-state index in [2.05, 4.69) is 24.4 Å². The molecule has 2 amide bonds. The van der Waals surface area contributed by atoms with Gasteiger partial charge in [-0.05, 0) is 43.4 Å². The molecule has 2 aromatic rings. The van der Waals surface area contributed by atoms with Gasteiger partial charge in [-0.3, -0.25) is 9.59 Å². The molecule has 0 bridgehead atoms. The van der Waals surface area contributed by atoms with E-state index in [1.807, 2.05) is 54.3 Å². The first-order valence-electron chi connectivity index (χ1n) is 9.73. The van der Waals surface area contributed by atoms with E-state index in [-0.39, 0.29) is 23.7 Å². The highest BCUT2D eigenvalue weighted by Gasteiger charge is 2.29. The smallest absolute Gasteiger partial charge is 0.253 e. The van der Waals surface area contributed by atoms with Crippen LogP contribution in [0.1, 0.15) is 47.2 Å². The number of carbonyl (C=O) groups excluding carboxylic acids is 2. The van der Waals surface area contributed by atoms with Crippen LogP contribution in [0.25, 0.3) is 0 Å². The number of rotatable bonds is 5. The van der Waals surface area contributed by atoms with Crippen LogP contribution in [0.3, 0.4) is 0 Å². The third kappa shape index (κ3) is 4.97. The van der Waals surface area contributed by atoms with Crippen molar-refractivity contribution in [2.75, 3.05) is 19.6 Å². The number of likely N-dealkylation sites (tertiary alicyclic amines) is 1. The maximum absolute atomic E-state index is 12.7. The van der Waals surface area contributed by atoms with Crippen LogP contribution in [0.2, 0.25) is 0 Å². The number of amides is 2. The van der Waals surface area contributed by atoms with Crippen LogP contribution in [0.5, 0.6) is 0 Å². The summed E-state index contributed by atoms with van der Waals surface area (Å²) in [7, 11) is 0. The predicted octanol–water partition coefficient (Wildman–Crippen LogP) is 3.77. The maximum Gasteiger partial charge on any atom is 0.253 e. The first kappa shape index (κ1) is 19.2. The minimum atomic E-state index is -0.129. The molecule has 0 spiro atoms. The molecule has 3 rings (SSSR count). The number of carbonyl (C=O) groups is 2. The summed E-state index contributed by atoms with van der Waals surface area (Å²) in [5.74, 6) is 0.212. The fourth-order valence-corrected chi connectivity index (χ4v) is 3.55. The van der Waals surface area contributed by atoms with Gasteiger partial charge >= 0.3 is 0 Å². The molecule has 4 nitrogen and oxygen atoms in total. The van der Waals surface area contributed by atoms with Crippen LogP contribution in [0.15, 0.2) is 54.6 Å². The van der Waals surface area contributed by atoms with Crippen molar-refractivity contribution in [3.05, 3.63) is 71.3 Å². The molecule has 0 radical (unpaired) electrons. The Kier molecular flexibility index (Phi) is 6.28. The van der Waals surface area contributed by atoms with Crippen molar-refractivity contribution in [2.45, 2.75) is 32.6 Å². The second-order valence-corrected chi connectivity index (χ2v) is 7.51. The summed E-state index contributed by atoms with van der Waals surface area (Å²) < 4.78 is 0. The van der Waals surface area contributed by atoms with Crippen molar-refractivity contribution in [2.24, 2.45) is 5.92 Å². The van der Waals surface area contributed by atoms with E-state index in [4.69, 9.17) is 0 Å². The van der Waals surface area contributed by atoms with Gasteiger partial charge in [-0.25, -0.2) is 0 Å². The Morgan fingerprint density at radius 2 is 1.81 bits per heavy atom. The summed E-state index contributed by atoms with van der Waals surface area (Å²) in [5.41, 5.74) is 3.05. The minimum absolute atomic E-state index is 0.0187. The zero-order chi connectivity index (χ0) is 19.2. The van der Waals surface area contributed by atoms with Crippen molar-refractivity contribution in [3.8, 4) is 0 Å². The van der Waals surface area contributed by atoms with Gasteiger partial charge in [0.2, 0.25) is 5.91 Å². The number of piperidine rings is 1. The van der Waals surface area contributed by atoms with Gasteiger partial charge in [-0.2, -0.15) is 0 Å². The van der Waals surface area contributed by atoms with Crippen LogP contribution >= 0.6 is 0 Å². The molecule has 1 saturated heterocycles. The SMILES string of the molecule is Cc1ccc(C(=O)N2CCCC(C(=O)NCC(C)c3ccccc3)C2)cc1. The lowest BCUT2D eigenvalue weighted by molar-refractivity contribution is -0.126. The normalized spacial score (nSPS) is 18.0. The van der Waals surface area contributed by atoms with Gasteiger partial charge < -0.3 is 10.2 Å². The Balaban J connectivity index is 1.54. The molecule has 27 heavy (non-hydrogen) atoms. The molecule has 0 saturated carbocycles. The fraction of sp³-hybridized carbons (Fsp3) is 0.391. The average Bonchev–Trinajstić information content (AvgIpc) is 2.72. The second kappa shape index (κ2) is 8.85. The monoisotopic (exact) mass is 364 g/mol. The van der Waals surface area contributed by atoms with Crippen LogP contribution in [0, 0.1) is 12.8 Å². The van der Waals surface area contributed by atoms with E-state index in [0.29, 0.717) is 18.7 Å². The Morgan fingerprint density at radius 1 is 1.11 bits per heavy atom. The summed E-state index contributed by atoms with van der Waals surface area (Å²) >= 11 is 0. The number of hydrogen-bond acceptors (Lipinski definition) is 2. The third-order valence-electron chi connectivity index (χ3n) is 5.33. The van der Waals surface area contributed by atoms with Crippen molar-refractivity contribution in [3.63, 3.8) is 0 Å². The topological polar surface area (TPSA) is 49.4 Å². The molecule has 0 aliphatic carbocycles. The van der Waals surface area contributed by atoms with E-state index >= 15 is 0 Å². The Morgan fingerprint density at radius 3 is 2.52 bits per heavy atom. The number of nitrogens with one attached hydrogen (secondary N) is 1. The lowest BCUT2D eigenvalue weighted by atomic mass is 9.95. The highest BCUT2D eigenvalue weighted by Crippen LogP contribution is 2.20.